The summed E-state index contributed by atoms with van der Waals surface area (Å²) in [4.78, 5) is 0. The van der Waals surface area contributed by atoms with Crippen LogP contribution in [0.15, 0.2) is 0 Å². The van der Waals surface area contributed by atoms with E-state index in [1.54, 1.807) is 0 Å². The lowest BCUT2D eigenvalue weighted by atomic mass is 10.3. The van der Waals surface area contributed by atoms with E-state index in [0.717, 1.165) is 12.8 Å². The molecule has 0 bridgehead atoms. The first-order chi connectivity index (χ1) is 4.56. The van der Waals surface area contributed by atoms with Crippen LogP contribution < -0.4 is 4.72 Å². The molecule has 0 rings (SSSR count). The quantitative estimate of drug-likeness (QED) is 0.633. The van der Waals surface area contributed by atoms with Gasteiger partial charge in [-0.25, -0.2) is 4.72 Å². The van der Waals surface area contributed by atoms with Crippen molar-refractivity contribution in [2.45, 2.75) is 26.2 Å². The van der Waals surface area contributed by atoms with Crippen LogP contribution in [-0.2, 0) is 0 Å². The van der Waals surface area contributed by atoms with E-state index >= 15 is 0 Å². The van der Waals surface area contributed by atoms with Gasteiger partial charge >= 0.3 is 0 Å². The lowest BCUT2D eigenvalue weighted by Gasteiger charge is -2.10. The summed E-state index contributed by atoms with van der Waals surface area (Å²) in [5.74, 6) is 0. The van der Waals surface area contributed by atoms with Crippen molar-refractivity contribution in [1.82, 2.24) is 4.72 Å². The van der Waals surface area contributed by atoms with Crippen molar-refractivity contribution in [1.29, 1.82) is 0 Å². The monoisotopic (exact) mass is 175 g/mol. The minimum absolute atomic E-state index is 0.0761. The highest BCUT2D eigenvalue weighted by atomic mass is 32.3. The SMILES string of the molecule is CCCCCNS(F)(F)F. The molecule has 1 N–H and O–H groups in total. The molecule has 10 heavy (non-hydrogen) atoms. The summed E-state index contributed by atoms with van der Waals surface area (Å²) < 4.78 is 35.9. The van der Waals surface area contributed by atoms with Gasteiger partial charge in [0.25, 0.3) is 11.4 Å². The van der Waals surface area contributed by atoms with Gasteiger partial charge in [0.15, 0.2) is 0 Å². The topological polar surface area (TPSA) is 12.0 Å². The zero-order valence-electron chi connectivity index (χ0n) is 5.87. The molecule has 0 radical (unpaired) electrons. The van der Waals surface area contributed by atoms with Crippen molar-refractivity contribution in [3.05, 3.63) is 0 Å². The smallest absolute Gasteiger partial charge is 0.206 e. The summed E-state index contributed by atoms with van der Waals surface area (Å²) >= 11 is -4.95. The molecule has 5 heteroatoms. The van der Waals surface area contributed by atoms with Crippen LogP contribution in [0.2, 0.25) is 0 Å². The Morgan fingerprint density at radius 2 is 1.80 bits per heavy atom. The third-order valence-corrected chi connectivity index (χ3v) is 1.58. The first kappa shape index (κ1) is 10.1. The molecule has 0 amide bonds. The average molecular weight is 175 g/mol. The van der Waals surface area contributed by atoms with Crippen LogP contribution in [0.3, 0.4) is 0 Å². The van der Waals surface area contributed by atoms with Gasteiger partial charge in [-0.05, 0) is 6.42 Å². The van der Waals surface area contributed by atoms with Gasteiger partial charge in [-0.2, -0.15) is 0 Å². The molecule has 0 saturated heterocycles. The van der Waals surface area contributed by atoms with Crippen molar-refractivity contribution in [2.75, 3.05) is 6.54 Å². The second-order valence-corrected chi connectivity index (χ2v) is 3.11. The largest absolute Gasteiger partial charge is 0.275 e. The molecule has 0 unspecified atom stereocenters. The molecule has 0 fully saturated rings. The van der Waals surface area contributed by atoms with Gasteiger partial charge < -0.3 is 0 Å². The highest BCUT2D eigenvalue weighted by Crippen LogP contribution is 2.48. The predicted molar refractivity (Wildman–Crippen MR) is 38.4 cm³/mol. The average Bonchev–Trinajstić information content (AvgIpc) is 1.78. The van der Waals surface area contributed by atoms with Crippen molar-refractivity contribution in [2.24, 2.45) is 0 Å². The van der Waals surface area contributed by atoms with Crippen LogP contribution in [0.25, 0.3) is 0 Å². The maximum Gasteiger partial charge on any atom is 0.275 e. The van der Waals surface area contributed by atoms with Crippen LogP contribution >= 0.6 is 11.4 Å². The third-order valence-electron chi connectivity index (χ3n) is 1.05. The Morgan fingerprint density at radius 1 is 1.20 bits per heavy atom. The minimum Gasteiger partial charge on any atom is -0.206 e. The first-order valence-corrected chi connectivity index (χ1v) is 4.56. The van der Waals surface area contributed by atoms with Gasteiger partial charge in [0, 0.05) is 6.54 Å². The molecule has 0 atom stereocenters. The second-order valence-electron chi connectivity index (χ2n) is 2.01. The molecule has 0 aliphatic carbocycles. The molecular weight excluding hydrogens is 163 g/mol. The predicted octanol–water partition coefficient (Wildman–Crippen LogP) is 3.14. The Labute approximate surface area is 61.3 Å². The van der Waals surface area contributed by atoms with Gasteiger partial charge in [0.1, 0.15) is 0 Å². The van der Waals surface area contributed by atoms with Gasteiger partial charge in [-0.15, -0.1) is 11.7 Å². The molecule has 1 nitrogen and oxygen atoms in total. The minimum atomic E-state index is -4.95. The fourth-order valence-corrected chi connectivity index (χ4v) is 0.939. The van der Waals surface area contributed by atoms with Gasteiger partial charge in [-0.3, -0.25) is 0 Å². The number of rotatable bonds is 5. The fraction of sp³-hybridized carbons (Fsp3) is 1.00. The Bertz CT molecular complexity index is 83.5. The van der Waals surface area contributed by atoms with Crippen LogP contribution in [0.5, 0.6) is 0 Å². The molecule has 0 aromatic rings. The summed E-state index contributed by atoms with van der Waals surface area (Å²) in [5, 5.41) is 0. The van der Waals surface area contributed by atoms with Crippen molar-refractivity contribution in [3.63, 3.8) is 0 Å². The molecule has 64 valence electrons. The summed E-state index contributed by atoms with van der Waals surface area (Å²) in [7, 11) is 0. The first-order valence-electron chi connectivity index (χ1n) is 3.23. The molecule has 0 aliphatic heterocycles. The maximum absolute atomic E-state index is 11.5. The molecule has 0 spiro atoms. The van der Waals surface area contributed by atoms with Crippen LogP contribution in [0.1, 0.15) is 26.2 Å². The van der Waals surface area contributed by atoms with E-state index in [0.29, 0.717) is 6.42 Å². The van der Waals surface area contributed by atoms with Crippen LogP contribution in [-0.4, -0.2) is 6.54 Å². The van der Waals surface area contributed by atoms with Crippen molar-refractivity contribution >= 4 is 11.4 Å². The van der Waals surface area contributed by atoms with E-state index in [1.807, 2.05) is 6.92 Å². The summed E-state index contributed by atoms with van der Waals surface area (Å²) in [6.07, 6.45) is 2.43. The molecular formula is C5H12F3NS. The highest BCUT2D eigenvalue weighted by molar-refractivity contribution is 8.19. The van der Waals surface area contributed by atoms with E-state index in [2.05, 4.69) is 0 Å². The zero-order valence-corrected chi connectivity index (χ0v) is 6.69. The second kappa shape index (κ2) is 4.85. The van der Waals surface area contributed by atoms with E-state index in [1.165, 1.54) is 4.72 Å². The van der Waals surface area contributed by atoms with Crippen LogP contribution in [0, 0.1) is 0 Å². The van der Waals surface area contributed by atoms with E-state index in [-0.39, 0.29) is 6.54 Å². The lowest BCUT2D eigenvalue weighted by molar-refractivity contribution is 0.587. The van der Waals surface area contributed by atoms with E-state index in [9.17, 15) is 11.7 Å². The van der Waals surface area contributed by atoms with Crippen LogP contribution in [0.4, 0.5) is 11.7 Å². The normalized spacial score (nSPS) is 13.6. The zero-order chi connectivity index (χ0) is 8.04. The highest BCUT2D eigenvalue weighted by Gasteiger charge is 2.17. The Morgan fingerprint density at radius 3 is 2.20 bits per heavy atom. The maximum atomic E-state index is 11.5. The lowest BCUT2D eigenvalue weighted by Crippen LogP contribution is -2.11. The van der Waals surface area contributed by atoms with E-state index < -0.39 is 11.4 Å². The number of hydrogen-bond donors (Lipinski definition) is 1. The van der Waals surface area contributed by atoms with E-state index in [4.69, 9.17) is 0 Å². The summed E-state index contributed by atoms with van der Waals surface area (Å²) in [5.41, 5.74) is 0. The number of hydrogen-bond acceptors (Lipinski definition) is 1. The summed E-state index contributed by atoms with van der Waals surface area (Å²) in [6.45, 7) is 2.03. The van der Waals surface area contributed by atoms with Gasteiger partial charge in [-0.1, -0.05) is 19.8 Å². The summed E-state index contributed by atoms with van der Waals surface area (Å²) in [6, 6.07) is 0. The molecule has 0 heterocycles. The van der Waals surface area contributed by atoms with Gasteiger partial charge in [0.2, 0.25) is 0 Å². The molecule has 0 aromatic heterocycles. The van der Waals surface area contributed by atoms with Crippen molar-refractivity contribution < 1.29 is 11.7 Å². The fourth-order valence-electron chi connectivity index (χ4n) is 0.563. The number of halogens is 3. The molecule has 0 saturated carbocycles. The third kappa shape index (κ3) is 8.10. The standard InChI is InChI=1S/C5H12F3NS/c1-2-3-4-5-9-10(6,7)8/h9H,2-5H2,1H3. The number of nitrogens with one attached hydrogen (secondary N) is 1. The van der Waals surface area contributed by atoms with Gasteiger partial charge in [0.05, 0.1) is 0 Å². The Kier molecular flexibility index (Phi) is 4.89. The molecule has 0 aromatic carbocycles. The van der Waals surface area contributed by atoms with Crippen molar-refractivity contribution in [3.8, 4) is 0 Å². The number of unbranched alkanes of at least 4 members (excludes halogenated alkanes) is 2. The Balaban J connectivity index is 3.04. The molecule has 0 aliphatic rings. The Hall–Kier alpha value is 0.100.